The van der Waals surface area contributed by atoms with Crippen molar-refractivity contribution in [3.05, 3.63) is 41.1 Å². The normalized spacial score (nSPS) is 13.1. The highest BCUT2D eigenvalue weighted by atomic mass is 16.3. The van der Waals surface area contributed by atoms with E-state index in [1.807, 2.05) is 24.7 Å². The molecule has 0 aromatic carbocycles. The highest BCUT2D eigenvalue weighted by molar-refractivity contribution is 5.23. The van der Waals surface area contributed by atoms with Crippen LogP contribution in [0.4, 0.5) is 0 Å². The van der Waals surface area contributed by atoms with Gasteiger partial charge in [-0.15, -0.1) is 0 Å². The summed E-state index contributed by atoms with van der Waals surface area (Å²) in [5.41, 5.74) is 9.55. The van der Waals surface area contributed by atoms with Crippen molar-refractivity contribution in [3.8, 4) is 0 Å². The van der Waals surface area contributed by atoms with Crippen molar-refractivity contribution in [1.29, 1.82) is 0 Å². The van der Waals surface area contributed by atoms with Crippen LogP contribution in [0, 0.1) is 6.92 Å². The average molecular weight is 276 g/mol. The fraction of sp³-hybridized carbons (Fsp3) is 0.533. The number of hydrogen-bond donors (Lipinski definition) is 1. The first-order valence-corrected chi connectivity index (χ1v) is 7.02. The molecular weight excluding hydrogens is 252 g/mol. The third kappa shape index (κ3) is 2.94. The van der Waals surface area contributed by atoms with Gasteiger partial charge >= 0.3 is 0 Å². The van der Waals surface area contributed by atoms with Gasteiger partial charge in [-0.05, 0) is 26.5 Å². The van der Waals surface area contributed by atoms with Crippen LogP contribution in [-0.4, -0.2) is 28.3 Å². The molecule has 0 radical (unpaired) electrons. The fourth-order valence-electron chi connectivity index (χ4n) is 2.60. The van der Waals surface area contributed by atoms with E-state index in [-0.39, 0.29) is 6.04 Å². The maximum Gasteiger partial charge on any atom is 0.105 e. The molecule has 1 atom stereocenters. The number of nitrogens with zero attached hydrogens (tertiary/aromatic N) is 3. The highest BCUT2D eigenvalue weighted by Crippen LogP contribution is 2.24. The first-order chi connectivity index (χ1) is 9.56. The number of rotatable bonds is 6. The fourth-order valence-corrected chi connectivity index (χ4v) is 2.60. The zero-order valence-corrected chi connectivity index (χ0v) is 12.8. The molecule has 0 saturated heterocycles. The summed E-state index contributed by atoms with van der Waals surface area (Å²) in [6.07, 6.45) is 4.73. The van der Waals surface area contributed by atoms with Gasteiger partial charge in [-0.3, -0.25) is 9.58 Å². The smallest absolute Gasteiger partial charge is 0.105 e. The zero-order valence-electron chi connectivity index (χ0n) is 12.8. The van der Waals surface area contributed by atoms with E-state index in [0.717, 1.165) is 24.4 Å². The van der Waals surface area contributed by atoms with Crippen molar-refractivity contribution in [2.75, 3.05) is 13.6 Å². The molecular formula is C15H24N4O. The lowest BCUT2D eigenvalue weighted by atomic mass is 10.0. The standard InChI is InChI=1S/C15H24N4O/c1-5-14-13(10-19(4)17-14)15(8-16)18(3)9-12-6-7-20-11(12)2/h6-7,10,15H,5,8-9,16H2,1-4H3. The van der Waals surface area contributed by atoms with Gasteiger partial charge in [0, 0.05) is 37.5 Å². The first kappa shape index (κ1) is 14.8. The van der Waals surface area contributed by atoms with Gasteiger partial charge in [0.1, 0.15) is 5.76 Å². The van der Waals surface area contributed by atoms with Crippen molar-refractivity contribution in [1.82, 2.24) is 14.7 Å². The molecule has 0 aliphatic heterocycles. The molecule has 2 heterocycles. The summed E-state index contributed by atoms with van der Waals surface area (Å²) in [6, 6.07) is 2.19. The molecule has 2 N–H and O–H groups in total. The van der Waals surface area contributed by atoms with Gasteiger partial charge in [-0.1, -0.05) is 6.92 Å². The van der Waals surface area contributed by atoms with E-state index in [9.17, 15) is 0 Å². The van der Waals surface area contributed by atoms with E-state index in [0.29, 0.717) is 6.54 Å². The lowest BCUT2D eigenvalue weighted by molar-refractivity contribution is 0.239. The van der Waals surface area contributed by atoms with Crippen LogP contribution in [0.2, 0.25) is 0 Å². The summed E-state index contributed by atoms with van der Waals surface area (Å²) in [6.45, 7) is 5.51. The number of aromatic nitrogens is 2. The molecule has 5 nitrogen and oxygen atoms in total. The SMILES string of the molecule is CCc1nn(C)cc1C(CN)N(C)Cc1ccoc1C. The maximum absolute atomic E-state index is 6.00. The van der Waals surface area contributed by atoms with Crippen LogP contribution in [0.5, 0.6) is 0 Å². The lowest BCUT2D eigenvalue weighted by Crippen LogP contribution is -2.30. The first-order valence-electron chi connectivity index (χ1n) is 7.02. The second-order valence-corrected chi connectivity index (χ2v) is 5.23. The molecule has 2 rings (SSSR count). The van der Waals surface area contributed by atoms with E-state index in [4.69, 9.17) is 10.2 Å². The molecule has 110 valence electrons. The maximum atomic E-state index is 6.00. The molecule has 1 unspecified atom stereocenters. The number of nitrogens with two attached hydrogens (primary N) is 1. The summed E-state index contributed by atoms with van der Waals surface area (Å²) in [5.74, 6) is 0.967. The Kier molecular flexibility index (Phi) is 4.62. The van der Waals surface area contributed by atoms with Crippen LogP contribution >= 0.6 is 0 Å². The van der Waals surface area contributed by atoms with Gasteiger partial charge in [0.2, 0.25) is 0 Å². The molecule has 0 amide bonds. The van der Waals surface area contributed by atoms with Crippen molar-refractivity contribution in [3.63, 3.8) is 0 Å². The Morgan fingerprint density at radius 3 is 2.80 bits per heavy atom. The van der Waals surface area contributed by atoms with Gasteiger partial charge < -0.3 is 10.2 Å². The van der Waals surface area contributed by atoms with E-state index < -0.39 is 0 Å². The van der Waals surface area contributed by atoms with Crippen molar-refractivity contribution >= 4 is 0 Å². The molecule has 0 saturated carbocycles. The van der Waals surface area contributed by atoms with Crippen LogP contribution < -0.4 is 5.73 Å². The molecule has 2 aromatic heterocycles. The predicted octanol–water partition coefficient (Wildman–Crippen LogP) is 2.02. The summed E-state index contributed by atoms with van der Waals surface area (Å²) in [7, 11) is 4.05. The Morgan fingerprint density at radius 2 is 2.25 bits per heavy atom. The number of likely N-dealkylation sites (N-methyl/N-ethyl adjacent to an activating group) is 1. The van der Waals surface area contributed by atoms with Crippen LogP contribution in [0.15, 0.2) is 22.9 Å². The predicted molar refractivity (Wildman–Crippen MR) is 79.3 cm³/mol. The van der Waals surface area contributed by atoms with E-state index in [1.165, 1.54) is 11.1 Å². The summed E-state index contributed by atoms with van der Waals surface area (Å²) in [4.78, 5) is 2.26. The van der Waals surface area contributed by atoms with E-state index >= 15 is 0 Å². The molecule has 0 aliphatic carbocycles. The van der Waals surface area contributed by atoms with Crippen molar-refractivity contribution in [2.45, 2.75) is 32.9 Å². The average Bonchev–Trinajstić information content (AvgIpc) is 2.97. The highest BCUT2D eigenvalue weighted by Gasteiger charge is 2.21. The van der Waals surface area contributed by atoms with Crippen LogP contribution in [0.25, 0.3) is 0 Å². The molecule has 0 spiro atoms. The Labute approximate surface area is 120 Å². The van der Waals surface area contributed by atoms with Crippen LogP contribution in [-0.2, 0) is 20.0 Å². The number of aryl methyl sites for hydroxylation is 3. The van der Waals surface area contributed by atoms with Crippen LogP contribution in [0.3, 0.4) is 0 Å². The molecule has 5 heteroatoms. The lowest BCUT2D eigenvalue weighted by Gasteiger charge is -2.26. The molecule has 0 aliphatic rings. The topological polar surface area (TPSA) is 60.2 Å². The Balaban J connectivity index is 2.20. The zero-order chi connectivity index (χ0) is 14.7. The molecule has 0 bridgehead atoms. The van der Waals surface area contributed by atoms with Gasteiger partial charge in [0.25, 0.3) is 0 Å². The monoisotopic (exact) mass is 276 g/mol. The molecule has 0 fully saturated rings. The minimum atomic E-state index is 0.174. The van der Waals surface area contributed by atoms with Crippen molar-refractivity contribution < 1.29 is 4.42 Å². The quantitative estimate of drug-likeness (QED) is 0.877. The van der Waals surface area contributed by atoms with Crippen LogP contribution in [0.1, 0.15) is 35.5 Å². The third-order valence-electron chi connectivity index (χ3n) is 3.77. The van der Waals surface area contributed by atoms with Gasteiger partial charge in [0.15, 0.2) is 0 Å². The molecule has 2 aromatic rings. The largest absolute Gasteiger partial charge is 0.469 e. The van der Waals surface area contributed by atoms with E-state index in [2.05, 4.69) is 30.2 Å². The van der Waals surface area contributed by atoms with E-state index in [1.54, 1.807) is 6.26 Å². The second-order valence-electron chi connectivity index (χ2n) is 5.23. The van der Waals surface area contributed by atoms with Gasteiger partial charge in [0.05, 0.1) is 18.0 Å². The van der Waals surface area contributed by atoms with Gasteiger partial charge in [-0.2, -0.15) is 5.10 Å². The number of hydrogen-bond acceptors (Lipinski definition) is 4. The Bertz CT molecular complexity index is 558. The summed E-state index contributed by atoms with van der Waals surface area (Å²) < 4.78 is 7.23. The summed E-state index contributed by atoms with van der Waals surface area (Å²) >= 11 is 0. The molecule has 20 heavy (non-hydrogen) atoms. The second kappa shape index (κ2) is 6.24. The Morgan fingerprint density at radius 1 is 1.50 bits per heavy atom. The third-order valence-corrected chi connectivity index (χ3v) is 3.77. The number of furan rings is 1. The van der Waals surface area contributed by atoms with Crippen molar-refractivity contribution in [2.24, 2.45) is 12.8 Å². The Hall–Kier alpha value is -1.59. The minimum Gasteiger partial charge on any atom is -0.469 e. The van der Waals surface area contributed by atoms with Gasteiger partial charge in [-0.25, -0.2) is 0 Å². The summed E-state index contributed by atoms with van der Waals surface area (Å²) in [5, 5.41) is 4.51. The minimum absolute atomic E-state index is 0.174.